The van der Waals surface area contributed by atoms with Crippen molar-refractivity contribution in [1.29, 1.82) is 0 Å². The van der Waals surface area contributed by atoms with E-state index in [-0.39, 0.29) is 36.3 Å². The first-order valence-corrected chi connectivity index (χ1v) is 14.8. The fourth-order valence-corrected chi connectivity index (χ4v) is 5.34. The molecule has 1 aromatic carbocycles. The standard InChI is InChI=1S/C31H43N5O6/c1-7-39-28(40-8-2)19-41-27-18-26(42-34-27)29(20(3)4)31(38)36-16-9-10-25(36)30(37)33-21(5)23-11-13-24(14-12-23)35-17-15-32-22(35)6/h11-15,17-18,20-21,25,28-29H,7-10,16,19H2,1-6H3,(H,33,37)/t21-,25-,29?/m0/s1. The lowest BCUT2D eigenvalue weighted by Gasteiger charge is -2.29. The topological polar surface area (TPSA) is 121 Å². The highest BCUT2D eigenvalue weighted by Crippen LogP contribution is 2.32. The van der Waals surface area contributed by atoms with Gasteiger partial charge in [-0.3, -0.25) is 9.59 Å². The molecule has 0 saturated carbocycles. The van der Waals surface area contributed by atoms with Crippen molar-refractivity contribution >= 4 is 11.8 Å². The number of carbonyl (C=O) groups excluding carboxylic acids is 2. The molecule has 2 aromatic heterocycles. The SMILES string of the molecule is CCOC(COc1cc(C(C(=O)N2CCC[C@H]2C(=O)N[C@@H](C)c2ccc(-n3ccnc3C)cc2)C(C)C)on1)OCC. The van der Waals surface area contributed by atoms with Gasteiger partial charge in [-0.15, -0.1) is 0 Å². The smallest absolute Gasteiger partial charge is 0.254 e. The Morgan fingerprint density at radius 2 is 1.83 bits per heavy atom. The van der Waals surface area contributed by atoms with E-state index in [1.54, 1.807) is 17.2 Å². The van der Waals surface area contributed by atoms with Gasteiger partial charge in [0.15, 0.2) is 12.1 Å². The summed E-state index contributed by atoms with van der Waals surface area (Å²) in [5.41, 5.74) is 1.98. The van der Waals surface area contributed by atoms with E-state index in [2.05, 4.69) is 15.5 Å². The second-order valence-electron chi connectivity index (χ2n) is 10.8. The summed E-state index contributed by atoms with van der Waals surface area (Å²) in [6, 6.07) is 8.88. The van der Waals surface area contributed by atoms with Gasteiger partial charge < -0.3 is 33.5 Å². The molecule has 3 aromatic rings. The molecular formula is C31H43N5O6. The maximum absolute atomic E-state index is 13.9. The third-order valence-corrected chi connectivity index (χ3v) is 7.51. The van der Waals surface area contributed by atoms with Gasteiger partial charge in [-0.2, -0.15) is 0 Å². The Morgan fingerprint density at radius 1 is 1.12 bits per heavy atom. The van der Waals surface area contributed by atoms with E-state index in [4.69, 9.17) is 18.7 Å². The fraction of sp³-hybridized carbons (Fsp3) is 0.548. The van der Waals surface area contributed by atoms with E-state index in [1.165, 1.54) is 0 Å². The van der Waals surface area contributed by atoms with Crippen molar-refractivity contribution in [3.8, 4) is 11.6 Å². The number of imidazole rings is 1. The lowest BCUT2D eigenvalue weighted by molar-refractivity contribution is -0.153. The fourth-order valence-electron chi connectivity index (χ4n) is 5.34. The Morgan fingerprint density at radius 3 is 2.45 bits per heavy atom. The molecule has 3 heterocycles. The maximum Gasteiger partial charge on any atom is 0.254 e. The number of amides is 2. The van der Waals surface area contributed by atoms with Crippen molar-refractivity contribution in [2.45, 2.75) is 78.7 Å². The number of benzene rings is 1. The van der Waals surface area contributed by atoms with Gasteiger partial charge in [0.05, 0.1) is 6.04 Å². The quantitative estimate of drug-likeness (QED) is 0.275. The van der Waals surface area contributed by atoms with Gasteiger partial charge in [0.1, 0.15) is 24.4 Å². The van der Waals surface area contributed by atoms with Crippen LogP contribution < -0.4 is 10.1 Å². The number of likely N-dealkylation sites (tertiary alicyclic amines) is 1. The minimum atomic E-state index is -0.602. The van der Waals surface area contributed by atoms with Crippen molar-refractivity contribution in [2.75, 3.05) is 26.4 Å². The predicted molar refractivity (Wildman–Crippen MR) is 156 cm³/mol. The van der Waals surface area contributed by atoms with Crippen molar-refractivity contribution < 1.29 is 28.3 Å². The number of nitrogens with one attached hydrogen (secondary N) is 1. The Bertz CT molecular complexity index is 1300. The number of rotatable bonds is 14. The molecule has 1 saturated heterocycles. The van der Waals surface area contributed by atoms with E-state index in [9.17, 15) is 9.59 Å². The zero-order chi connectivity index (χ0) is 30.2. The molecule has 4 rings (SSSR count). The van der Waals surface area contributed by atoms with Crippen LogP contribution in [0.1, 0.15) is 76.6 Å². The number of hydrogen-bond donors (Lipinski definition) is 1. The Labute approximate surface area is 247 Å². The number of nitrogens with zero attached hydrogens (tertiary/aromatic N) is 4. The van der Waals surface area contributed by atoms with Crippen LogP contribution in [0.5, 0.6) is 5.88 Å². The molecule has 0 aliphatic carbocycles. The Hall–Kier alpha value is -3.70. The highest BCUT2D eigenvalue weighted by atomic mass is 16.7. The molecule has 3 atom stereocenters. The molecule has 228 valence electrons. The molecule has 0 radical (unpaired) electrons. The number of aryl methyl sites for hydroxylation is 1. The number of aromatic nitrogens is 3. The van der Waals surface area contributed by atoms with E-state index in [1.807, 2.05) is 76.6 Å². The summed E-state index contributed by atoms with van der Waals surface area (Å²) < 4.78 is 24.3. The highest BCUT2D eigenvalue weighted by molar-refractivity contribution is 5.91. The minimum Gasteiger partial charge on any atom is -0.470 e. The average molecular weight is 582 g/mol. The normalized spacial score (nSPS) is 16.7. The first-order valence-electron chi connectivity index (χ1n) is 14.8. The molecule has 1 aliphatic rings. The number of carbonyl (C=O) groups is 2. The second-order valence-corrected chi connectivity index (χ2v) is 10.8. The van der Waals surface area contributed by atoms with Crippen LogP contribution >= 0.6 is 0 Å². The lowest BCUT2D eigenvalue weighted by atomic mass is 9.91. The largest absolute Gasteiger partial charge is 0.470 e. The van der Waals surface area contributed by atoms with Gasteiger partial charge in [-0.1, -0.05) is 26.0 Å². The molecule has 11 heteroatoms. The monoisotopic (exact) mass is 581 g/mol. The number of hydrogen-bond acceptors (Lipinski definition) is 8. The first-order chi connectivity index (χ1) is 20.2. The molecule has 42 heavy (non-hydrogen) atoms. The van der Waals surface area contributed by atoms with Crippen molar-refractivity contribution in [2.24, 2.45) is 5.92 Å². The summed E-state index contributed by atoms with van der Waals surface area (Å²) in [6.45, 7) is 13.2. The summed E-state index contributed by atoms with van der Waals surface area (Å²) >= 11 is 0. The van der Waals surface area contributed by atoms with Crippen LogP contribution in [-0.2, 0) is 19.1 Å². The van der Waals surface area contributed by atoms with Gasteiger partial charge in [0.25, 0.3) is 5.88 Å². The van der Waals surface area contributed by atoms with Crippen LogP contribution in [0.4, 0.5) is 0 Å². The van der Waals surface area contributed by atoms with Crippen LogP contribution in [0.25, 0.3) is 5.69 Å². The zero-order valence-corrected chi connectivity index (χ0v) is 25.4. The minimum absolute atomic E-state index is 0.0845. The molecule has 2 amide bonds. The van der Waals surface area contributed by atoms with Crippen molar-refractivity contribution in [1.82, 2.24) is 24.9 Å². The molecule has 1 unspecified atom stereocenters. The zero-order valence-electron chi connectivity index (χ0n) is 25.4. The molecule has 0 spiro atoms. The van der Waals surface area contributed by atoms with Crippen LogP contribution in [0.15, 0.2) is 47.2 Å². The summed E-state index contributed by atoms with van der Waals surface area (Å²) in [5, 5.41) is 7.13. The Balaban J connectivity index is 1.40. The number of ether oxygens (including phenoxy) is 3. The van der Waals surface area contributed by atoms with E-state index in [0.717, 1.165) is 23.5 Å². The molecular weight excluding hydrogens is 538 g/mol. The molecule has 1 N–H and O–H groups in total. The molecule has 1 aliphatic heterocycles. The van der Waals surface area contributed by atoms with Gasteiger partial charge in [0.2, 0.25) is 11.8 Å². The van der Waals surface area contributed by atoms with Crippen molar-refractivity contribution in [3.05, 3.63) is 59.9 Å². The van der Waals surface area contributed by atoms with Crippen LogP contribution in [0, 0.1) is 12.8 Å². The molecule has 1 fully saturated rings. The molecule has 11 nitrogen and oxygen atoms in total. The van der Waals surface area contributed by atoms with Gasteiger partial charge >= 0.3 is 0 Å². The maximum atomic E-state index is 13.9. The Kier molecular flexibility index (Phi) is 10.8. The first kappa shape index (κ1) is 31.2. The summed E-state index contributed by atoms with van der Waals surface area (Å²) in [6.07, 6.45) is 4.52. The third-order valence-electron chi connectivity index (χ3n) is 7.51. The van der Waals surface area contributed by atoms with E-state index in [0.29, 0.717) is 31.9 Å². The van der Waals surface area contributed by atoms with Crippen molar-refractivity contribution in [3.63, 3.8) is 0 Å². The average Bonchev–Trinajstić information content (AvgIpc) is 3.73. The van der Waals surface area contributed by atoms with E-state index < -0.39 is 18.2 Å². The molecule has 0 bridgehead atoms. The lowest BCUT2D eigenvalue weighted by Crippen LogP contribution is -2.48. The predicted octanol–water partition coefficient (Wildman–Crippen LogP) is 4.55. The van der Waals surface area contributed by atoms with Crippen LogP contribution in [0.3, 0.4) is 0 Å². The van der Waals surface area contributed by atoms with Gasteiger partial charge in [0, 0.05) is 43.9 Å². The van der Waals surface area contributed by atoms with Crippen LogP contribution in [0.2, 0.25) is 0 Å². The summed E-state index contributed by atoms with van der Waals surface area (Å²) in [4.78, 5) is 33.2. The van der Waals surface area contributed by atoms with Gasteiger partial charge in [-0.05, 0) is 69.3 Å². The summed E-state index contributed by atoms with van der Waals surface area (Å²) in [5.74, 6) is 0.562. The van der Waals surface area contributed by atoms with E-state index >= 15 is 0 Å². The van der Waals surface area contributed by atoms with Crippen LogP contribution in [-0.4, -0.2) is 70.1 Å². The second kappa shape index (κ2) is 14.5. The third kappa shape index (κ3) is 7.38. The van der Waals surface area contributed by atoms with Gasteiger partial charge in [-0.25, -0.2) is 4.98 Å². The highest BCUT2D eigenvalue weighted by Gasteiger charge is 2.40. The summed E-state index contributed by atoms with van der Waals surface area (Å²) in [7, 11) is 0.